The van der Waals surface area contributed by atoms with Gasteiger partial charge in [0.25, 0.3) is 5.91 Å². The molecule has 0 saturated heterocycles. The number of halogens is 2. The Kier molecular flexibility index (Phi) is 8.82. The predicted molar refractivity (Wildman–Crippen MR) is 130 cm³/mol. The summed E-state index contributed by atoms with van der Waals surface area (Å²) in [6.45, 7) is -3.30. The zero-order valence-electron chi connectivity index (χ0n) is 19.5. The maximum Gasteiger partial charge on any atom is 0.387 e. The van der Waals surface area contributed by atoms with Crippen molar-refractivity contribution in [1.29, 1.82) is 0 Å². The van der Waals surface area contributed by atoms with E-state index in [-0.39, 0.29) is 12.4 Å². The van der Waals surface area contributed by atoms with Gasteiger partial charge in [-0.3, -0.25) is 9.59 Å². The highest BCUT2D eigenvalue weighted by Gasteiger charge is 2.13. The third-order valence-electron chi connectivity index (χ3n) is 4.85. The molecule has 10 heteroatoms. The predicted octanol–water partition coefficient (Wildman–Crippen LogP) is 4.49. The lowest BCUT2D eigenvalue weighted by Gasteiger charge is -2.13. The summed E-state index contributed by atoms with van der Waals surface area (Å²) >= 11 is 0. The van der Waals surface area contributed by atoms with E-state index in [1.54, 1.807) is 54.6 Å². The van der Waals surface area contributed by atoms with Gasteiger partial charge in [-0.15, -0.1) is 0 Å². The molecule has 3 aromatic carbocycles. The van der Waals surface area contributed by atoms with Crippen LogP contribution in [0, 0.1) is 0 Å². The van der Waals surface area contributed by atoms with Crippen molar-refractivity contribution < 1.29 is 37.3 Å². The van der Waals surface area contributed by atoms with Crippen molar-refractivity contribution in [3.05, 3.63) is 72.3 Å². The number of methoxy groups -OCH3 is 2. The van der Waals surface area contributed by atoms with E-state index in [1.807, 2.05) is 0 Å². The number of hydrogen-bond acceptors (Lipinski definition) is 6. The Hall–Kier alpha value is -4.60. The van der Waals surface area contributed by atoms with E-state index in [2.05, 4.69) is 10.1 Å². The Morgan fingerprint density at radius 2 is 1.67 bits per heavy atom. The lowest BCUT2D eigenvalue weighted by Crippen LogP contribution is -2.20. The molecular formula is C26H24F2N2O6. The normalized spacial score (nSPS) is 10.8. The molecular weight excluding hydrogens is 474 g/mol. The molecule has 0 aromatic heterocycles. The molecule has 0 atom stereocenters. The van der Waals surface area contributed by atoms with E-state index in [9.17, 15) is 18.4 Å². The van der Waals surface area contributed by atoms with Crippen LogP contribution in [0.1, 0.15) is 5.56 Å². The molecule has 0 radical (unpaired) electrons. The zero-order chi connectivity index (χ0) is 26.1. The van der Waals surface area contributed by atoms with Crippen LogP contribution < -0.4 is 30.0 Å². The molecule has 0 aliphatic rings. The Morgan fingerprint density at radius 1 is 0.944 bits per heavy atom. The second-order valence-corrected chi connectivity index (χ2v) is 7.31. The summed E-state index contributed by atoms with van der Waals surface area (Å²) in [5.74, 6) is 0.184. The SMILES string of the molecule is COc1ccc(-c2cc(NC(=O)/C=C/c3ccc(OCC(N)=O)c(OC)c3)ccc2OC(F)F)cc1. The lowest BCUT2D eigenvalue weighted by atomic mass is 10.0. The smallest absolute Gasteiger partial charge is 0.387 e. The average Bonchev–Trinajstić information content (AvgIpc) is 2.87. The molecule has 3 N–H and O–H groups in total. The van der Waals surface area contributed by atoms with Crippen LogP contribution in [0.25, 0.3) is 17.2 Å². The minimum atomic E-state index is -3.00. The fraction of sp³-hybridized carbons (Fsp3) is 0.154. The number of nitrogens with two attached hydrogens (primary N) is 1. The van der Waals surface area contributed by atoms with Gasteiger partial charge in [-0.2, -0.15) is 8.78 Å². The topological polar surface area (TPSA) is 109 Å². The number of nitrogens with one attached hydrogen (secondary N) is 1. The van der Waals surface area contributed by atoms with Crippen molar-refractivity contribution in [2.45, 2.75) is 6.61 Å². The molecule has 0 aliphatic heterocycles. The highest BCUT2D eigenvalue weighted by atomic mass is 19.3. The number of rotatable bonds is 11. The second kappa shape index (κ2) is 12.2. The molecule has 3 rings (SSSR count). The molecule has 188 valence electrons. The van der Waals surface area contributed by atoms with Crippen LogP contribution in [0.4, 0.5) is 14.5 Å². The molecule has 2 amide bonds. The first-order chi connectivity index (χ1) is 17.3. The molecule has 0 saturated carbocycles. The molecule has 0 unspecified atom stereocenters. The van der Waals surface area contributed by atoms with Crippen LogP contribution in [0.5, 0.6) is 23.0 Å². The van der Waals surface area contributed by atoms with Crippen molar-refractivity contribution in [1.82, 2.24) is 0 Å². The average molecular weight is 498 g/mol. The van der Waals surface area contributed by atoms with Gasteiger partial charge in [0.05, 0.1) is 14.2 Å². The molecule has 0 fully saturated rings. The third kappa shape index (κ3) is 7.20. The monoisotopic (exact) mass is 498 g/mol. The first-order valence-corrected chi connectivity index (χ1v) is 10.6. The number of anilines is 1. The van der Waals surface area contributed by atoms with E-state index in [1.165, 1.54) is 32.4 Å². The van der Waals surface area contributed by atoms with Gasteiger partial charge in [-0.1, -0.05) is 18.2 Å². The van der Waals surface area contributed by atoms with E-state index in [0.717, 1.165) is 0 Å². The highest BCUT2D eigenvalue weighted by molar-refractivity contribution is 6.02. The maximum atomic E-state index is 12.9. The fourth-order valence-corrected chi connectivity index (χ4v) is 3.21. The summed E-state index contributed by atoms with van der Waals surface area (Å²) in [6, 6.07) is 16.0. The minimum Gasteiger partial charge on any atom is -0.497 e. The Labute approximate surface area is 206 Å². The molecule has 3 aromatic rings. The van der Waals surface area contributed by atoms with Gasteiger partial charge in [-0.25, -0.2) is 0 Å². The van der Waals surface area contributed by atoms with Gasteiger partial charge >= 0.3 is 6.61 Å². The van der Waals surface area contributed by atoms with Crippen LogP contribution in [-0.4, -0.2) is 39.3 Å². The van der Waals surface area contributed by atoms with Crippen molar-refractivity contribution >= 4 is 23.6 Å². The number of amides is 2. The lowest BCUT2D eigenvalue weighted by molar-refractivity contribution is -0.120. The molecule has 0 bridgehead atoms. The quantitative estimate of drug-likeness (QED) is 0.377. The number of carbonyl (C=O) groups is 2. The maximum absolute atomic E-state index is 12.9. The van der Waals surface area contributed by atoms with Gasteiger partial charge < -0.3 is 30.0 Å². The molecule has 0 spiro atoms. The van der Waals surface area contributed by atoms with Gasteiger partial charge in [0.1, 0.15) is 11.5 Å². The summed E-state index contributed by atoms with van der Waals surface area (Å²) in [7, 11) is 2.96. The highest BCUT2D eigenvalue weighted by Crippen LogP contribution is 2.35. The largest absolute Gasteiger partial charge is 0.497 e. The summed E-state index contributed by atoms with van der Waals surface area (Å²) in [4.78, 5) is 23.4. The second-order valence-electron chi connectivity index (χ2n) is 7.31. The molecule has 0 aliphatic carbocycles. The van der Waals surface area contributed by atoms with Crippen LogP contribution >= 0.6 is 0 Å². The molecule has 36 heavy (non-hydrogen) atoms. The Balaban J connectivity index is 1.77. The molecule has 8 nitrogen and oxygen atoms in total. The number of benzene rings is 3. The first-order valence-electron chi connectivity index (χ1n) is 10.6. The fourth-order valence-electron chi connectivity index (χ4n) is 3.21. The number of ether oxygens (including phenoxy) is 4. The summed E-state index contributed by atoms with van der Waals surface area (Å²) in [5, 5.41) is 2.70. The first kappa shape index (κ1) is 26.0. The number of carbonyl (C=O) groups excluding carboxylic acids is 2. The van der Waals surface area contributed by atoms with E-state index in [0.29, 0.717) is 39.6 Å². The summed E-state index contributed by atoms with van der Waals surface area (Å²) in [5.41, 5.74) is 7.07. The van der Waals surface area contributed by atoms with Crippen molar-refractivity contribution in [3.63, 3.8) is 0 Å². The number of alkyl halides is 2. The van der Waals surface area contributed by atoms with Crippen LogP contribution in [-0.2, 0) is 9.59 Å². The van der Waals surface area contributed by atoms with Crippen LogP contribution in [0.2, 0.25) is 0 Å². The standard InChI is InChI=1S/C26H24F2N2O6/c1-33-19-8-5-17(6-9-19)20-14-18(7-11-21(20)36-26(27)28)30-25(32)12-4-16-3-10-22(23(13-16)34-2)35-15-24(29)31/h3-14,26H,15H2,1-2H3,(H2,29,31)(H,30,32)/b12-4+. The van der Waals surface area contributed by atoms with Gasteiger partial charge in [0.2, 0.25) is 5.91 Å². The van der Waals surface area contributed by atoms with Gasteiger partial charge in [0.15, 0.2) is 18.1 Å². The van der Waals surface area contributed by atoms with Gasteiger partial charge in [-0.05, 0) is 59.7 Å². The van der Waals surface area contributed by atoms with Crippen LogP contribution in [0.3, 0.4) is 0 Å². The number of hydrogen-bond donors (Lipinski definition) is 2. The van der Waals surface area contributed by atoms with E-state index in [4.69, 9.17) is 19.9 Å². The van der Waals surface area contributed by atoms with Crippen molar-refractivity contribution in [3.8, 4) is 34.1 Å². The Morgan fingerprint density at radius 3 is 2.31 bits per heavy atom. The zero-order valence-corrected chi connectivity index (χ0v) is 19.5. The van der Waals surface area contributed by atoms with Gasteiger partial charge in [0, 0.05) is 17.3 Å². The number of primary amides is 1. The molecule has 0 heterocycles. The van der Waals surface area contributed by atoms with E-state index < -0.39 is 18.4 Å². The van der Waals surface area contributed by atoms with Crippen molar-refractivity contribution in [2.24, 2.45) is 5.73 Å². The Bertz CT molecular complexity index is 1250. The summed E-state index contributed by atoms with van der Waals surface area (Å²) in [6.07, 6.45) is 2.85. The third-order valence-corrected chi connectivity index (χ3v) is 4.85. The van der Waals surface area contributed by atoms with E-state index >= 15 is 0 Å². The van der Waals surface area contributed by atoms with Crippen molar-refractivity contribution in [2.75, 3.05) is 26.1 Å². The van der Waals surface area contributed by atoms with Crippen LogP contribution in [0.15, 0.2) is 66.7 Å². The minimum absolute atomic E-state index is 0.0329. The summed E-state index contributed by atoms with van der Waals surface area (Å²) < 4.78 is 46.1.